The molecular formula is C22H20ClFN6O2. The summed E-state index contributed by atoms with van der Waals surface area (Å²) in [6, 6.07) is 11.6. The fourth-order valence-corrected chi connectivity index (χ4v) is 3.36. The summed E-state index contributed by atoms with van der Waals surface area (Å²) in [4.78, 5) is 16.5. The number of ether oxygens (including phenoxy) is 1. The predicted octanol–water partition coefficient (Wildman–Crippen LogP) is 4.22. The second kappa shape index (κ2) is 9.19. The fraction of sp³-hybridized carbons (Fsp3) is 0.182. The van der Waals surface area contributed by atoms with Crippen LogP contribution in [0.1, 0.15) is 27.2 Å². The molecule has 0 saturated carbocycles. The van der Waals surface area contributed by atoms with Gasteiger partial charge in [-0.1, -0.05) is 23.7 Å². The minimum atomic E-state index is -0.451. The van der Waals surface area contributed by atoms with Gasteiger partial charge < -0.3 is 4.74 Å². The molecule has 4 aromatic rings. The Morgan fingerprint density at radius 1 is 1.09 bits per heavy atom. The Bertz CT molecular complexity index is 1250. The summed E-state index contributed by atoms with van der Waals surface area (Å²) in [5.41, 5.74) is 3.09. The zero-order valence-corrected chi connectivity index (χ0v) is 18.2. The van der Waals surface area contributed by atoms with E-state index in [9.17, 15) is 9.18 Å². The van der Waals surface area contributed by atoms with Crippen molar-refractivity contribution in [1.82, 2.24) is 24.5 Å². The molecule has 1 N–H and O–H groups in total. The third-order valence-electron chi connectivity index (χ3n) is 4.54. The average molecular weight is 455 g/mol. The number of aryl methyl sites for hydroxylation is 2. The van der Waals surface area contributed by atoms with Crippen LogP contribution in [-0.2, 0) is 13.3 Å². The summed E-state index contributed by atoms with van der Waals surface area (Å²) < 4.78 is 21.9. The van der Waals surface area contributed by atoms with Gasteiger partial charge in [0.2, 0.25) is 5.95 Å². The maximum absolute atomic E-state index is 13.2. The van der Waals surface area contributed by atoms with E-state index in [1.807, 2.05) is 26.0 Å². The largest absolute Gasteiger partial charge is 0.471 e. The number of amides is 1. The number of aromatic nitrogens is 5. The van der Waals surface area contributed by atoms with E-state index in [1.54, 1.807) is 18.3 Å². The molecule has 2 aromatic heterocycles. The first-order chi connectivity index (χ1) is 15.4. The summed E-state index contributed by atoms with van der Waals surface area (Å²) in [6.07, 6.45) is 3.10. The van der Waals surface area contributed by atoms with E-state index in [4.69, 9.17) is 16.3 Å². The highest BCUT2D eigenvalue weighted by atomic mass is 35.5. The molecule has 0 spiro atoms. The van der Waals surface area contributed by atoms with Crippen molar-refractivity contribution in [3.8, 4) is 5.75 Å². The van der Waals surface area contributed by atoms with Gasteiger partial charge in [-0.25, -0.2) is 18.7 Å². The van der Waals surface area contributed by atoms with Crippen molar-refractivity contribution in [1.29, 1.82) is 0 Å². The quantitative estimate of drug-likeness (QED) is 0.451. The Labute approximate surface area is 188 Å². The van der Waals surface area contributed by atoms with Crippen molar-refractivity contribution in [2.75, 3.05) is 5.32 Å². The highest BCUT2D eigenvalue weighted by molar-refractivity contribution is 6.31. The minimum Gasteiger partial charge on any atom is -0.471 e. The van der Waals surface area contributed by atoms with Crippen LogP contribution in [0.15, 0.2) is 55.0 Å². The molecule has 0 unspecified atom stereocenters. The number of carbonyl (C=O) groups is 1. The molecule has 0 aliphatic heterocycles. The van der Waals surface area contributed by atoms with Crippen LogP contribution in [0.2, 0.25) is 5.02 Å². The lowest BCUT2D eigenvalue weighted by Gasteiger charge is -2.08. The Hall–Kier alpha value is -3.72. The molecule has 164 valence electrons. The number of halogens is 2. The number of hydrogen-bond acceptors (Lipinski definition) is 5. The Kier molecular flexibility index (Phi) is 6.18. The highest BCUT2D eigenvalue weighted by Gasteiger charge is 2.13. The second-order valence-corrected chi connectivity index (χ2v) is 7.70. The van der Waals surface area contributed by atoms with Crippen molar-refractivity contribution in [3.05, 3.63) is 88.2 Å². The molecule has 0 aliphatic carbocycles. The topological polar surface area (TPSA) is 86.9 Å². The summed E-state index contributed by atoms with van der Waals surface area (Å²) >= 11 is 6.04. The van der Waals surface area contributed by atoms with Crippen LogP contribution in [-0.4, -0.2) is 30.5 Å². The molecule has 0 saturated heterocycles. The van der Waals surface area contributed by atoms with Crippen LogP contribution in [0.5, 0.6) is 5.75 Å². The lowest BCUT2D eigenvalue weighted by molar-refractivity contribution is 0.101. The van der Waals surface area contributed by atoms with Gasteiger partial charge in [-0.3, -0.25) is 10.1 Å². The Morgan fingerprint density at radius 2 is 1.88 bits per heavy atom. The Morgan fingerprint density at radius 3 is 2.62 bits per heavy atom. The molecule has 4 rings (SSSR count). The van der Waals surface area contributed by atoms with Crippen molar-refractivity contribution < 1.29 is 13.9 Å². The second-order valence-electron chi connectivity index (χ2n) is 7.29. The van der Waals surface area contributed by atoms with Gasteiger partial charge in [-0.05, 0) is 60.9 Å². The van der Waals surface area contributed by atoms with E-state index in [0.717, 1.165) is 16.9 Å². The molecule has 2 aromatic carbocycles. The zero-order valence-electron chi connectivity index (χ0n) is 17.4. The number of nitrogens with one attached hydrogen (secondary N) is 1. The van der Waals surface area contributed by atoms with Crippen LogP contribution in [0.3, 0.4) is 0 Å². The van der Waals surface area contributed by atoms with Gasteiger partial charge in [0.05, 0.1) is 6.54 Å². The smallest absolute Gasteiger partial charge is 0.278 e. The molecule has 32 heavy (non-hydrogen) atoms. The molecule has 0 atom stereocenters. The number of benzene rings is 2. The van der Waals surface area contributed by atoms with E-state index in [-0.39, 0.29) is 24.9 Å². The predicted molar refractivity (Wildman–Crippen MR) is 117 cm³/mol. The molecule has 0 aliphatic rings. The molecule has 0 bridgehead atoms. The molecule has 10 heteroatoms. The minimum absolute atomic E-state index is 0.120. The number of rotatable bonds is 7. The van der Waals surface area contributed by atoms with Crippen molar-refractivity contribution in [2.24, 2.45) is 0 Å². The van der Waals surface area contributed by atoms with Crippen molar-refractivity contribution in [2.45, 2.75) is 27.1 Å². The lowest BCUT2D eigenvalue weighted by Crippen LogP contribution is -2.15. The first kappa shape index (κ1) is 21.5. The zero-order chi connectivity index (χ0) is 22.7. The highest BCUT2D eigenvalue weighted by Crippen LogP contribution is 2.19. The first-order valence-corrected chi connectivity index (χ1v) is 10.1. The summed E-state index contributed by atoms with van der Waals surface area (Å²) in [5, 5.41) is 11.3. The number of nitrogens with zero attached hydrogens (tertiary/aromatic N) is 5. The maximum atomic E-state index is 13.2. The SMILES string of the molecule is Cc1cc(C)cc(OCn2ccc(C(=O)Nc3ncn(Cc4ccc(F)cc4Cl)n3)n2)c1. The fourth-order valence-electron chi connectivity index (χ4n) is 3.13. The number of hydrogen-bond donors (Lipinski definition) is 1. The normalized spacial score (nSPS) is 10.9. The average Bonchev–Trinajstić information content (AvgIpc) is 3.37. The van der Waals surface area contributed by atoms with Gasteiger partial charge in [0.1, 0.15) is 17.9 Å². The van der Waals surface area contributed by atoms with Crippen LogP contribution in [0.4, 0.5) is 10.3 Å². The molecular weight excluding hydrogens is 435 g/mol. The van der Waals surface area contributed by atoms with Gasteiger partial charge in [0.15, 0.2) is 12.4 Å². The standard InChI is InChI=1S/C22H20ClFN6O2/c1-14-7-15(2)9-18(8-14)32-13-29-6-5-20(27-29)21(31)26-22-25-12-30(28-22)11-16-3-4-17(24)10-19(16)23/h3-10,12H,11,13H2,1-2H3,(H,26,28,31). The lowest BCUT2D eigenvalue weighted by atomic mass is 10.1. The monoisotopic (exact) mass is 454 g/mol. The maximum Gasteiger partial charge on any atom is 0.278 e. The summed E-state index contributed by atoms with van der Waals surface area (Å²) in [5.74, 6) is -0.00823. The van der Waals surface area contributed by atoms with E-state index in [0.29, 0.717) is 10.6 Å². The molecule has 2 heterocycles. The third-order valence-corrected chi connectivity index (χ3v) is 4.89. The van der Waals surface area contributed by atoms with Crippen LogP contribution in [0, 0.1) is 19.7 Å². The molecule has 0 radical (unpaired) electrons. The summed E-state index contributed by atoms with van der Waals surface area (Å²) in [7, 11) is 0. The van der Waals surface area contributed by atoms with Gasteiger partial charge in [0, 0.05) is 11.2 Å². The van der Waals surface area contributed by atoms with Crippen LogP contribution >= 0.6 is 11.6 Å². The van der Waals surface area contributed by atoms with E-state index in [1.165, 1.54) is 27.8 Å². The van der Waals surface area contributed by atoms with Gasteiger partial charge in [-0.15, -0.1) is 5.10 Å². The van der Waals surface area contributed by atoms with Crippen molar-refractivity contribution >= 4 is 23.5 Å². The number of carbonyl (C=O) groups excluding carboxylic acids is 1. The van der Waals surface area contributed by atoms with Gasteiger partial charge >= 0.3 is 0 Å². The van der Waals surface area contributed by atoms with E-state index >= 15 is 0 Å². The van der Waals surface area contributed by atoms with E-state index < -0.39 is 11.7 Å². The molecule has 8 nitrogen and oxygen atoms in total. The van der Waals surface area contributed by atoms with Gasteiger partial charge in [-0.2, -0.15) is 5.10 Å². The van der Waals surface area contributed by atoms with E-state index in [2.05, 4.69) is 26.6 Å². The molecule has 1 amide bonds. The van der Waals surface area contributed by atoms with Crippen molar-refractivity contribution in [3.63, 3.8) is 0 Å². The first-order valence-electron chi connectivity index (χ1n) is 9.75. The Balaban J connectivity index is 1.35. The number of anilines is 1. The van der Waals surface area contributed by atoms with Crippen LogP contribution < -0.4 is 10.1 Å². The van der Waals surface area contributed by atoms with Gasteiger partial charge in [0.25, 0.3) is 5.91 Å². The van der Waals surface area contributed by atoms with Crippen LogP contribution in [0.25, 0.3) is 0 Å². The molecule has 0 fully saturated rings. The summed E-state index contributed by atoms with van der Waals surface area (Å²) in [6.45, 7) is 4.45. The third kappa shape index (κ3) is 5.30.